The highest BCUT2D eigenvalue weighted by atomic mass is 35.5. The van der Waals surface area contributed by atoms with Crippen LogP contribution in [-0.4, -0.2) is 21.6 Å². The number of hydrogen-bond acceptors (Lipinski definition) is 5. The molecule has 0 saturated heterocycles. The van der Waals surface area contributed by atoms with Crippen LogP contribution in [0, 0.1) is 0 Å². The molecule has 1 heterocycles. The predicted molar refractivity (Wildman–Crippen MR) is 71.3 cm³/mol. The van der Waals surface area contributed by atoms with Gasteiger partial charge in [0.05, 0.1) is 6.10 Å². The third-order valence-corrected chi connectivity index (χ3v) is 2.57. The maximum absolute atomic E-state index is 9.95. The van der Waals surface area contributed by atoms with Crippen molar-refractivity contribution in [1.82, 2.24) is 9.97 Å². The summed E-state index contributed by atoms with van der Waals surface area (Å²) >= 11 is 5.75. The Bertz CT molecular complexity index is 500. The lowest BCUT2D eigenvalue weighted by Crippen LogP contribution is -2.13. The SMILES string of the molecule is Nc1nc(Cl)cc(NC[C@H](O)c2ccccc2)n1. The van der Waals surface area contributed by atoms with Gasteiger partial charge in [-0.15, -0.1) is 0 Å². The molecule has 0 fully saturated rings. The zero-order chi connectivity index (χ0) is 13.0. The molecule has 6 heteroatoms. The van der Waals surface area contributed by atoms with Gasteiger partial charge in [-0.1, -0.05) is 41.9 Å². The molecule has 0 aliphatic heterocycles. The number of nitrogens with one attached hydrogen (secondary N) is 1. The molecule has 0 spiro atoms. The molecule has 0 aliphatic carbocycles. The highest BCUT2D eigenvalue weighted by Gasteiger charge is 2.07. The molecule has 1 aromatic heterocycles. The Labute approximate surface area is 110 Å². The second-order valence-corrected chi connectivity index (χ2v) is 4.13. The molecule has 0 unspecified atom stereocenters. The van der Waals surface area contributed by atoms with Crippen molar-refractivity contribution in [1.29, 1.82) is 0 Å². The van der Waals surface area contributed by atoms with Gasteiger partial charge in [0.15, 0.2) is 0 Å². The summed E-state index contributed by atoms with van der Waals surface area (Å²) in [6.07, 6.45) is -0.624. The molecule has 0 bridgehead atoms. The van der Waals surface area contributed by atoms with Crippen LogP contribution in [0.4, 0.5) is 11.8 Å². The summed E-state index contributed by atoms with van der Waals surface area (Å²) in [5.74, 6) is 0.585. The Morgan fingerprint density at radius 1 is 1.28 bits per heavy atom. The number of aliphatic hydroxyl groups is 1. The van der Waals surface area contributed by atoms with Gasteiger partial charge >= 0.3 is 0 Å². The summed E-state index contributed by atoms with van der Waals surface area (Å²) in [6, 6.07) is 10.9. The van der Waals surface area contributed by atoms with Gasteiger partial charge in [-0.25, -0.2) is 4.98 Å². The molecule has 0 aliphatic rings. The van der Waals surface area contributed by atoms with Crippen molar-refractivity contribution in [2.24, 2.45) is 0 Å². The largest absolute Gasteiger partial charge is 0.387 e. The van der Waals surface area contributed by atoms with Crippen molar-refractivity contribution in [2.75, 3.05) is 17.6 Å². The first-order chi connectivity index (χ1) is 8.65. The summed E-state index contributed by atoms with van der Waals surface area (Å²) in [5, 5.41) is 13.2. The predicted octanol–water partition coefficient (Wildman–Crippen LogP) is 1.86. The number of nitrogens with two attached hydrogens (primary N) is 1. The minimum Gasteiger partial charge on any atom is -0.387 e. The fraction of sp³-hybridized carbons (Fsp3) is 0.167. The number of nitrogens with zero attached hydrogens (tertiary/aromatic N) is 2. The fourth-order valence-electron chi connectivity index (χ4n) is 1.52. The number of aromatic nitrogens is 2. The van der Waals surface area contributed by atoms with Crippen molar-refractivity contribution in [3.8, 4) is 0 Å². The van der Waals surface area contributed by atoms with E-state index in [0.717, 1.165) is 5.56 Å². The average Bonchev–Trinajstić information content (AvgIpc) is 2.36. The third kappa shape index (κ3) is 3.32. The summed E-state index contributed by atoms with van der Waals surface area (Å²) < 4.78 is 0. The van der Waals surface area contributed by atoms with Crippen molar-refractivity contribution in [3.63, 3.8) is 0 Å². The van der Waals surface area contributed by atoms with Gasteiger partial charge in [0, 0.05) is 12.6 Å². The smallest absolute Gasteiger partial charge is 0.223 e. The lowest BCUT2D eigenvalue weighted by atomic mass is 10.1. The molecule has 18 heavy (non-hydrogen) atoms. The zero-order valence-corrected chi connectivity index (χ0v) is 10.3. The molecule has 0 radical (unpaired) electrons. The van der Waals surface area contributed by atoms with E-state index < -0.39 is 6.10 Å². The van der Waals surface area contributed by atoms with E-state index in [1.165, 1.54) is 0 Å². The van der Waals surface area contributed by atoms with E-state index in [4.69, 9.17) is 17.3 Å². The molecule has 5 nitrogen and oxygen atoms in total. The number of halogens is 1. The van der Waals surface area contributed by atoms with E-state index in [2.05, 4.69) is 15.3 Å². The third-order valence-electron chi connectivity index (χ3n) is 2.37. The van der Waals surface area contributed by atoms with Gasteiger partial charge in [-0.2, -0.15) is 4.98 Å². The first-order valence-corrected chi connectivity index (χ1v) is 5.80. The second-order valence-electron chi connectivity index (χ2n) is 3.74. The minimum absolute atomic E-state index is 0.0965. The van der Waals surface area contributed by atoms with Gasteiger partial charge in [0.25, 0.3) is 0 Å². The Morgan fingerprint density at radius 2 is 2.00 bits per heavy atom. The van der Waals surface area contributed by atoms with Crippen LogP contribution in [0.25, 0.3) is 0 Å². The first kappa shape index (κ1) is 12.6. The molecule has 94 valence electrons. The molecule has 1 atom stereocenters. The van der Waals surface area contributed by atoms with Gasteiger partial charge in [-0.3, -0.25) is 0 Å². The Morgan fingerprint density at radius 3 is 2.67 bits per heavy atom. The van der Waals surface area contributed by atoms with Gasteiger partial charge in [0.1, 0.15) is 11.0 Å². The molecule has 4 N–H and O–H groups in total. The number of anilines is 2. The minimum atomic E-state index is -0.624. The van der Waals surface area contributed by atoms with Crippen LogP contribution < -0.4 is 11.1 Å². The monoisotopic (exact) mass is 264 g/mol. The highest BCUT2D eigenvalue weighted by Crippen LogP contribution is 2.15. The summed E-state index contributed by atoms with van der Waals surface area (Å²) in [5.41, 5.74) is 6.30. The van der Waals surface area contributed by atoms with E-state index in [0.29, 0.717) is 12.4 Å². The molecule has 2 rings (SSSR count). The van der Waals surface area contributed by atoms with E-state index in [9.17, 15) is 5.11 Å². The van der Waals surface area contributed by atoms with E-state index in [1.807, 2.05) is 30.3 Å². The van der Waals surface area contributed by atoms with Crippen LogP contribution >= 0.6 is 11.6 Å². The Balaban J connectivity index is 1.99. The highest BCUT2D eigenvalue weighted by molar-refractivity contribution is 6.29. The van der Waals surface area contributed by atoms with Gasteiger partial charge < -0.3 is 16.2 Å². The maximum Gasteiger partial charge on any atom is 0.223 e. The van der Waals surface area contributed by atoms with Crippen LogP contribution in [-0.2, 0) is 0 Å². The standard InChI is InChI=1S/C12H13ClN4O/c13-10-6-11(17-12(14)16-10)15-7-9(18)8-4-2-1-3-5-8/h1-6,9,18H,7H2,(H3,14,15,16,17)/t9-/m0/s1. The quantitative estimate of drug-likeness (QED) is 0.734. The molecular weight excluding hydrogens is 252 g/mol. The lowest BCUT2D eigenvalue weighted by molar-refractivity contribution is 0.191. The normalized spacial score (nSPS) is 12.1. The second kappa shape index (κ2) is 5.66. The lowest BCUT2D eigenvalue weighted by Gasteiger charge is -2.12. The maximum atomic E-state index is 9.95. The summed E-state index contributed by atoms with van der Waals surface area (Å²) in [7, 11) is 0. The number of aliphatic hydroxyl groups excluding tert-OH is 1. The number of nitrogen functional groups attached to an aromatic ring is 1. The van der Waals surface area contributed by atoms with Crippen LogP contribution in [0.2, 0.25) is 5.15 Å². The van der Waals surface area contributed by atoms with Crippen LogP contribution in [0.3, 0.4) is 0 Å². The number of benzene rings is 1. The average molecular weight is 265 g/mol. The van der Waals surface area contributed by atoms with Crippen LogP contribution in [0.15, 0.2) is 36.4 Å². The van der Waals surface area contributed by atoms with E-state index >= 15 is 0 Å². The fourth-order valence-corrected chi connectivity index (χ4v) is 1.71. The number of rotatable bonds is 4. The van der Waals surface area contributed by atoms with Gasteiger partial charge in [-0.05, 0) is 5.56 Å². The molecule has 0 saturated carbocycles. The molecule has 0 amide bonds. The van der Waals surface area contributed by atoms with E-state index in [-0.39, 0.29) is 11.1 Å². The first-order valence-electron chi connectivity index (χ1n) is 5.42. The van der Waals surface area contributed by atoms with E-state index in [1.54, 1.807) is 6.07 Å². The molecule has 2 aromatic rings. The summed E-state index contributed by atoms with van der Waals surface area (Å²) in [6.45, 7) is 0.316. The molecule has 1 aromatic carbocycles. The number of hydrogen-bond donors (Lipinski definition) is 3. The van der Waals surface area contributed by atoms with Crippen LogP contribution in [0.5, 0.6) is 0 Å². The Hall–Kier alpha value is -1.85. The van der Waals surface area contributed by atoms with Crippen molar-refractivity contribution >= 4 is 23.4 Å². The topological polar surface area (TPSA) is 84.1 Å². The van der Waals surface area contributed by atoms with Gasteiger partial charge in [0.2, 0.25) is 5.95 Å². The molecular formula is C12H13ClN4O. The van der Waals surface area contributed by atoms with Crippen molar-refractivity contribution in [3.05, 3.63) is 47.1 Å². The van der Waals surface area contributed by atoms with Crippen molar-refractivity contribution in [2.45, 2.75) is 6.10 Å². The summed E-state index contributed by atoms with van der Waals surface area (Å²) in [4.78, 5) is 7.71. The van der Waals surface area contributed by atoms with Crippen molar-refractivity contribution < 1.29 is 5.11 Å². The Kier molecular flexibility index (Phi) is 3.96. The van der Waals surface area contributed by atoms with Crippen LogP contribution in [0.1, 0.15) is 11.7 Å². The zero-order valence-electron chi connectivity index (χ0n) is 9.55.